The average Bonchev–Trinajstić information content (AvgIpc) is 2.82. The van der Waals surface area contributed by atoms with E-state index >= 15 is 0 Å². The molecule has 0 radical (unpaired) electrons. The first-order valence-corrected chi connectivity index (χ1v) is 11.3. The number of allylic oxidation sites excluding steroid dienone is 2. The molecule has 5 atom stereocenters. The van der Waals surface area contributed by atoms with Gasteiger partial charge in [0, 0.05) is 29.9 Å². The summed E-state index contributed by atoms with van der Waals surface area (Å²) in [5, 5.41) is 1.12. The van der Waals surface area contributed by atoms with E-state index in [-0.39, 0.29) is 6.04 Å². The second kappa shape index (κ2) is 8.35. The van der Waals surface area contributed by atoms with Crippen molar-refractivity contribution in [2.45, 2.75) is 44.2 Å². The summed E-state index contributed by atoms with van der Waals surface area (Å²) in [7, 11) is 1.71. The summed E-state index contributed by atoms with van der Waals surface area (Å²) >= 11 is 0. The molecule has 156 valence electrons. The molecule has 0 saturated carbocycles. The lowest BCUT2D eigenvalue weighted by molar-refractivity contribution is 0.00766. The number of nitrogens with zero attached hydrogens (tertiary/aromatic N) is 3. The third-order valence-electron chi connectivity index (χ3n) is 7.19. The molecule has 0 N–H and O–H groups in total. The van der Waals surface area contributed by atoms with Gasteiger partial charge in [-0.1, -0.05) is 12.2 Å². The monoisotopic (exact) mass is 401 g/mol. The Labute approximate surface area is 179 Å². The molecule has 30 heavy (non-hydrogen) atoms. The van der Waals surface area contributed by atoms with Gasteiger partial charge < -0.3 is 4.74 Å². The number of hydrogen-bond acceptors (Lipinski definition) is 4. The van der Waals surface area contributed by atoms with Crippen LogP contribution < -0.4 is 4.74 Å². The predicted molar refractivity (Wildman–Crippen MR) is 123 cm³/mol. The van der Waals surface area contributed by atoms with Crippen LogP contribution in [0.1, 0.15) is 43.7 Å². The van der Waals surface area contributed by atoms with Crippen LogP contribution in [0.15, 0.2) is 60.3 Å². The van der Waals surface area contributed by atoms with Crippen LogP contribution in [0.5, 0.6) is 5.75 Å². The third kappa shape index (κ3) is 3.69. The van der Waals surface area contributed by atoms with Gasteiger partial charge in [-0.05, 0) is 86.4 Å². The molecule has 3 fully saturated rings. The van der Waals surface area contributed by atoms with Crippen LogP contribution >= 0.6 is 0 Å². The van der Waals surface area contributed by atoms with Crippen molar-refractivity contribution >= 4 is 16.6 Å². The molecule has 1 aromatic heterocycles. The number of aliphatic imine (C=N–C) groups is 1. The first kappa shape index (κ1) is 19.5. The molecule has 1 unspecified atom stereocenters. The van der Waals surface area contributed by atoms with E-state index < -0.39 is 0 Å². The highest BCUT2D eigenvalue weighted by Gasteiger charge is 2.42. The van der Waals surface area contributed by atoms with Crippen molar-refractivity contribution in [3.05, 3.63) is 60.8 Å². The molecule has 4 heteroatoms. The highest BCUT2D eigenvalue weighted by molar-refractivity contribution is 5.95. The van der Waals surface area contributed by atoms with Crippen molar-refractivity contribution in [1.29, 1.82) is 0 Å². The molecular weight excluding hydrogens is 370 g/mol. The Morgan fingerprint density at radius 3 is 3.00 bits per heavy atom. The van der Waals surface area contributed by atoms with E-state index in [1.807, 2.05) is 18.3 Å². The number of pyridine rings is 1. The zero-order valence-corrected chi connectivity index (χ0v) is 17.8. The zero-order valence-electron chi connectivity index (χ0n) is 17.8. The average molecular weight is 402 g/mol. The Balaban J connectivity index is 1.55. The molecule has 4 nitrogen and oxygen atoms in total. The highest BCUT2D eigenvalue weighted by Crippen LogP contribution is 2.43. The summed E-state index contributed by atoms with van der Waals surface area (Å²) in [6, 6.07) is 8.93. The van der Waals surface area contributed by atoms with Gasteiger partial charge in [-0.2, -0.15) is 0 Å². The summed E-state index contributed by atoms with van der Waals surface area (Å²) in [6.45, 7) is 6.38. The third-order valence-corrected chi connectivity index (χ3v) is 7.19. The minimum absolute atomic E-state index is 0.124. The first-order valence-electron chi connectivity index (χ1n) is 11.3. The fourth-order valence-electron chi connectivity index (χ4n) is 5.49. The summed E-state index contributed by atoms with van der Waals surface area (Å²) in [5.41, 5.74) is 3.45. The SMILES string of the molecule is C=C[C@@H]1CN2CC[C@H]1C[C@H]2[C@@H](N=C1C=CCCC1)c1cnc2ccc(OC)cc2c1. The lowest BCUT2D eigenvalue weighted by Gasteiger charge is -2.51. The van der Waals surface area contributed by atoms with Gasteiger partial charge in [-0.15, -0.1) is 6.58 Å². The molecule has 4 aliphatic rings. The van der Waals surface area contributed by atoms with Gasteiger partial charge in [0.25, 0.3) is 0 Å². The van der Waals surface area contributed by atoms with Crippen molar-refractivity contribution < 1.29 is 4.74 Å². The van der Waals surface area contributed by atoms with Crippen LogP contribution in [-0.4, -0.2) is 41.8 Å². The summed E-state index contributed by atoms with van der Waals surface area (Å²) in [6.07, 6.45) is 14.6. The second-order valence-corrected chi connectivity index (χ2v) is 8.93. The molecule has 0 spiro atoms. The number of fused-ring (bicyclic) bond motifs is 4. The summed E-state index contributed by atoms with van der Waals surface area (Å²) in [4.78, 5) is 12.8. The van der Waals surface area contributed by atoms with Crippen molar-refractivity contribution in [2.24, 2.45) is 16.8 Å². The van der Waals surface area contributed by atoms with Gasteiger partial charge in [0.15, 0.2) is 0 Å². The van der Waals surface area contributed by atoms with E-state index in [1.165, 1.54) is 43.5 Å². The maximum atomic E-state index is 5.44. The van der Waals surface area contributed by atoms with Crippen molar-refractivity contribution in [3.8, 4) is 5.75 Å². The largest absolute Gasteiger partial charge is 0.497 e. The molecule has 6 rings (SSSR count). The second-order valence-electron chi connectivity index (χ2n) is 8.93. The minimum atomic E-state index is 0.124. The number of piperidine rings is 3. The molecule has 1 aromatic carbocycles. The lowest BCUT2D eigenvalue weighted by atomic mass is 9.73. The standard InChI is InChI=1S/C26H31N3O/c1-3-18-17-29-12-11-19(18)15-25(29)26(28-22-7-5-4-6-8-22)21-13-20-14-23(30-2)9-10-24(20)27-16-21/h3,5,7,9-10,13-14,16,18-19,25-26H,1,4,6,8,11-12,15,17H2,2H3/t18-,19+,25+,26+/m1/s1. The first-order chi connectivity index (χ1) is 14.7. The zero-order chi connectivity index (χ0) is 20.5. The van der Waals surface area contributed by atoms with Crippen LogP contribution in [-0.2, 0) is 0 Å². The van der Waals surface area contributed by atoms with E-state index in [4.69, 9.17) is 14.7 Å². The van der Waals surface area contributed by atoms with Crippen LogP contribution in [0.2, 0.25) is 0 Å². The smallest absolute Gasteiger partial charge is 0.119 e. The molecule has 3 aliphatic heterocycles. The van der Waals surface area contributed by atoms with Crippen LogP contribution in [0, 0.1) is 11.8 Å². The molecule has 0 amide bonds. The minimum Gasteiger partial charge on any atom is -0.497 e. The van der Waals surface area contributed by atoms with Gasteiger partial charge >= 0.3 is 0 Å². The topological polar surface area (TPSA) is 37.7 Å². The number of ether oxygens (including phenoxy) is 1. The quantitative estimate of drug-likeness (QED) is 0.633. The van der Waals surface area contributed by atoms with Crippen molar-refractivity contribution in [2.75, 3.05) is 20.2 Å². The molecule has 3 saturated heterocycles. The Morgan fingerprint density at radius 1 is 1.33 bits per heavy atom. The number of aromatic nitrogens is 1. The van der Waals surface area contributed by atoms with E-state index in [1.54, 1.807) is 7.11 Å². The van der Waals surface area contributed by atoms with Gasteiger partial charge in [0.2, 0.25) is 0 Å². The molecular formula is C26H31N3O. The normalized spacial score (nSPS) is 30.5. The molecule has 2 bridgehead atoms. The molecule has 4 heterocycles. The predicted octanol–water partition coefficient (Wildman–Crippen LogP) is 5.36. The Kier molecular flexibility index (Phi) is 5.43. The van der Waals surface area contributed by atoms with E-state index in [9.17, 15) is 0 Å². The molecule has 1 aliphatic carbocycles. The maximum Gasteiger partial charge on any atom is 0.119 e. The number of methoxy groups -OCH3 is 1. The fraction of sp³-hybridized carbons (Fsp3) is 0.462. The lowest BCUT2D eigenvalue weighted by Crippen LogP contribution is -2.54. The summed E-state index contributed by atoms with van der Waals surface area (Å²) < 4.78 is 5.44. The highest BCUT2D eigenvalue weighted by atomic mass is 16.5. The number of rotatable bonds is 5. The Bertz CT molecular complexity index is 995. The van der Waals surface area contributed by atoms with Gasteiger partial charge in [0.05, 0.1) is 18.7 Å². The van der Waals surface area contributed by atoms with Crippen molar-refractivity contribution in [1.82, 2.24) is 9.88 Å². The van der Waals surface area contributed by atoms with Gasteiger partial charge in [-0.25, -0.2) is 0 Å². The number of benzene rings is 1. The van der Waals surface area contributed by atoms with Crippen LogP contribution in [0.4, 0.5) is 0 Å². The van der Waals surface area contributed by atoms with Gasteiger partial charge in [0.1, 0.15) is 5.75 Å². The maximum absolute atomic E-state index is 5.44. The fourth-order valence-corrected chi connectivity index (χ4v) is 5.49. The summed E-state index contributed by atoms with van der Waals surface area (Å²) in [5.74, 6) is 2.22. The van der Waals surface area contributed by atoms with Crippen LogP contribution in [0.25, 0.3) is 10.9 Å². The van der Waals surface area contributed by atoms with E-state index in [2.05, 4.69) is 41.8 Å². The van der Waals surface area contributed by atoms with Crippen LogP contribution in [0.3, 0.4) is 0 Å². The molecule has 2 aromatic rings. The Morgan fingerprint density at radius 2 is 2.27 bits per heavy atom. The van der Waals surface area contributed by atoms with Crippen molar-refractivity contribution in [3.63, 3.8) is 0 Å². The van der Waals surface area contributed by atoms with Gasteiger partial charge in [-0.3, -0.25) is 14.9 Å². The number of hydrogen-bond donors (Lipinski definition) is 0. The van der Waals surface area contributed by atoms with E-state index in [0.717, 1.165) is 35.5 Å². The van der Waals surface area contributed by atoms with E-state index in [0.29, 0.717) is 12.0 Å². The Hall–Kier alpha value is -2.46.